The van der Waals surface area contributed by atoms with Gasteiger partial charge in [-0.1, -0.05) is 26.0 Å². The number of rotatable bonds is 6. The van der Waals surface area contributed by atoms with Gasteiger partial charge >= 0.3 is 0 Å². The van der Waals surface area contributed by atoms with Crippen LogP contribution in [0.5, 0.6) is 5.75 Å². The lowest BCUT2D eigenvalue weighted by Gasteiger charge is -2.11. The Hall–Kier alpha value is -2.82. The summed E-state index contributed by atoms with van der Waals surface area (Å²) in [6, 6.07) is 12.9. The lowest BCUT2D eigenvalue weighted by atomic mass is 10.1. The van der Waals surface area contributed by atoms with E-state index in [1.165, 1.54) is 0 Å². The van der Waals surface area contributed by atoms with Crippen LogP contribution in [0.1, 0.15) is 25.0 Å². The minimum absolute atomic E-state index is 0.0651. The molecule has 0 fully saturated rings. The summed E-state index contributed by atoms with van der Waals surface area (Å²) in [6.45, 7) is 7.51. The fraction of sp³-hybridized carbons (Fsp3) is 0.300. The molecule has 0 aliphatic heterocycles. The van der Waals surface area contributed by atoms with Gasteiger partial charge in [0.05, 0.1) is 0 Å². The summed E-state index contributed by atoms with van der Waals surface area (Å²) >= 11 is 0. The number of hydrogen-bond donors (Lipinski definition) is 2. The average Bonchev–Trinajstić information content (AvgIpc) is 2.52. The second-order valence-electron chi connectivity index (χ2n) is 6.39. The first-order valence-corrected chi connectivity index (χ1v) is 8.25. The first kappa shape index (κ1) is 18.5. The van der Waals surface area contributed by atoms with Crippen molar-refractivity contribution in [3.63, 3.8) is 0 Å². The Morgan fingerprint density at radius 3 is 2.28 bits per heavy atom. The van der Waals surface area contributed by atoms with Gasteiger partial charge in [-0.15, -0.1) is 0 Å². The van der Waals surface area contributed by atoms with Gasteiger partial charge in [-0.25, -0.2) is 0 Å². The third-order valence-electron chi connectivity index (χ3n) is 3.50. The summed E-state index contributed by atoms with van der Waals surface area (Å²) in [5.41, 5.74) is 3.57. The molecule has 0 radical (unpaired) electrons. The molecule has 132 valence electrons. The van der Waals surface area contributed by atoms with Crippen molar-refractivity contribution in [2.75, 3.05) is 17.2 Å². The summed E-state index contributed by atoms with van der Waals surface area (Å²) in [4.78, 5) is 23.8. The van der Waals surface area contributed by atoms with Gasteiger partial charge in [-0.2, -0.15) is 0 Å². The molecule has 0 aliphatic carbocycles. The van der Waals surface area contributed by atoms with Crippen LogP contribution in [0.4, 0.5) is 11.4 Å². The van der Waals surface area contributed by atoms with Crippen LogP contribution in [0.15, 0.2) is 42.5 Å². The molecule has 0 aromatic heterocycles. The Labute approximate surface area is 148 Å². The van der Waals surface area contributed by atoms with Gasteiger partial charge in [-0.05, 0) is 49.2 Å². The first-order valence-electron chi connectivity index (χ1n) is 8.25. The maximum Gasteiger partial charge on any atom is 0.262 e. The van der Waals surface area contributed by atoms with Crippen molar-refractivity contribution in [2.45, 2.75) is 27.7 Å². The van der Waals surface area contributed by atoms with Crippen LogP contribution in [-0.4, -0.2) is 18.4 Å². The molecule has 5 nitrogen and oxygen atoms in total. The maximum absolute atomic E-state index is 12.1. The predicted octanol–water partition coefficient (Wildman–Crippen LogP) is 3.92. The van der Waals surface area contributed by atoms with Crippen LogP contribution in [0.25, 0.3) is 0 Å². The number of amides is 2. The highest BCUT2D eigenvalue weighted by molar-refractivity contribution is 5.93. The summed E-state index contributed by atoms with van der Waals surface area (Å²) in [7, 11) is 0. The average molecular weight is 340 g/mol. The molecule has 2 amide bonds. The highest BCUT2D eigenvalue weighted by Gasteiger charge is 2.08. The number of hydrogen-bond acceptors (Lipinski definition) is 3. The van der Waals surface area contributed by atoms with Gasteiger partial charge < -0.3 is 15.4 Å². The molecule has 0 saturated carbocycles. The summed E-state index contributed by atoms with van der Waals surface area (Å²) in [5, 5.41) is 5.62. The molecule has 0 bridgehead atoms. The zero-order valence-electron chi connectivity index (χ0n) is 15.1. The van der Waals surface area contributed by atoms with Crippen molar-refractivity contribution in [1.82, 2.24) is 0 Å². The molecule has 2 aromatic rings. The maximum atomic E-state index is 12.1. The third-order valence-corrected chi connectivity index (χ3v) is 3.50. The van der Waals surface area contributed by atoms with Crippen LogP contribution in [-0.2, 0) is 9.59 Å². The molecule has 0 heterocycles. The molecule has 0 aliphatic rings. The number of benzene rings is 2. The van der Waals surface area contributed by atoms with E-state index in [0.717, 1.165) is 16.8 Å². The normalized spacial score (nSPS) is 10.4. The Morgan fingerprint density at radius 2 is 1.64 bits per heavy atom. The number of anilines is 2. The second kappa shape index (κ2) is 8.33. The van der Waals surface area contributed by atoms with E-state index in [1.54, 1.807) is 24.3 Å². The van der Waals surface area contributed by atoms with E-state index in [-0.39, 0.29) is 24.3 Å². The Kier molecular flexibility index (Phi) is 6.17. The third kappa shape index (κ3) is 5.95. The van der Waals surface area contributed by atoms with Crippen LogP contribution in [0, 0.1) is 19.8 Å². The molecular formula is C20H24N2O3. The molecular weight excluding hydrogens is 316 g/mol. The van der Waals surface area contributed by atoms with Gasteiger partial charge in [0.2, 0.25) is 5.91 Å². The van der Waals surface area contributed by atoms with Crippen molar-refractivity contribution in [1.29, 1.82) is 0 Å². The summed E-state index contributed by atoms with van der Waals surface area (Å²) in [6.07, 6.45) is 0. The lowest BCUT2D eigenvalue weighted by Crippen LogP contribution is -2.20. The molecule has 25 heavy (non-hydrogen) atoms. The summed E-state index contributed by atoms with van der Waals surface area (Å²) < 4.78 is 5.52. The number of ether oxygens (including phenoxy) is 1. The molecule has 0 unspecified atom stereocenters. The Balaban J connectivity index is 1.92. The van der Waals surface area contributed by atoms with E-state index < -0.39 is 0 Å². The molecule has 5 heteroatoms. The zero-order chi connectivity index (χ0) is 18.4. The van der Waals surface area contributed by atoms with Gasteiger partial charge in [0, 0.05) is 23.4 Å². The van der Waals surface area contributed by atoms with Crippen molar-refractivity contribution >= 4 is 23.2 Å². The lowest BCUT2D eigenvalue weighted by molar-refractivity contribution is -0.119. The fourth-order valence-corrected chi connectivity index (χ4v) is 2.34. The minimum atomic E-state index is -0.235. The van der Waals surface area contributed by atoms with E-state index in [9.17, 15) is 9.59 Å². The van der Waals surface area contributed by atoms with E-state index in [4.69, 9.17) is 4.74 Å². The first-order chi connectivity index (χ1) is 11.8. The number of aryl methyl sites for hydroxylation is 2. The largest absolute Gasteiger partial charge is 0.484 e. The van der Waals surface area contributed by atoms with E-state index in [0.29, 0.717) is 11.4 Å². The topological polar surface area (TPSA) is 67.4 Å². The van der Waals surface area contributed by atoms with Crippen LogP contribution in [0.2, 0.25) is 0 Å². The zero-order valence-corrected chi connectivity index (χ0v) is 15.1. The second-order valence-corrected chi connectivity index (χ2v) is 6.39. The van der Waals surface area contributed by atoms with Crippen LogP contribution in [0.3, 0.4) is 0 Å². The van der Waals surface area contributed by atoms with E-state index >= 15 is 0 Å². The van der Waals surface area contributed by atoms with Crippen LogP contribution < -0.4 is 15.4 Å². The highest BCUT2D eigenvalue weighted by atomic mass is 16.5. The van der Waals surface area contributed by atoms with Gasteiger partial charge in [0.15, 0.2) is 6.61 Å². The van der Waals surface area contributed by atoms with E-state index in [1.807, 2.05) is 45.9 Å². The molecule has 2 rings (SSSR count). The van der Waals surface area contributed by atoms with Crippen molar-refractivity contribution < 1.29 is 14.3 Å². The fourth-order valence-electron chi connectivity index (χ4n) is 2.34. The smallest absolute Gasteiger partial charge is 0.262 e. The number of carbonyl (C=O) groups is 2. The van der Waals surface area contributed by atoms with Crippen molar-refractivity contribution in [2.24, 2.45) is 5.92 Å². The molecule has 0 saturated heterocycles. The molecule has 0 spiro atoms. The van der Waals surface area contributed by atoms with Gasteiger partial charge in [-0.3, -0.25) is 9.59 Å². The van der Waals surface area contributed by atoms with Crippen molar-refractivity contribution in [3.8, 4) is 5.75 Å². The minimum Gasteiger partial charge on any atom is -0.484 e. The van der Waals surface area contributed by atoms with Gasteiger partial charge in [0.25, 0.3) is 5.91 Å². The SMILES string of the molecule is Cc1cc(C)cc(NC(=O)COc2cccc(NC(=O)C(C)C)c2)c1. The summed E-state index contributed by atoms with van der Waals surface area (Å²) in [5.74, 6) is 0.122. The Bertz CT molecular complexity index is 749. The number of nitrogens with one attached hydrogen (secondary N) is 2. The van der Waals surface area contributed by atoms with E-state index in [2.05, 4.69) is 10.6 Å². The molecule has 2 N–H and O–H groups in total. The standard InChI is InChI=1S/C20H24N2O3/c1-13(2)20(24)22-16-6-5-7-18(11-16)25-12-19(23)21-17-9-14(3)8-15(4)10-17/h5-11,13H,12H2,1-4H3,(H,21,23)(H,22,24). The van der Waals surface area contributed by atoms with Crippen LogP contribution >= 0.6 is 0 Å². The highest BCUT2D eigenvalue weighted by Crippen LogP contribution is 2.18. The Morgan fingerprint density at radius 1 is 0.960 bits per heavy atom. The molecule has 0 atom stereocenters. The monoisotopic (exact) mass is 340 g/mol. The quantitative estimate of drug-likeness (QED) is 0.837. The predicted molar refractivity (Wildman–Crippen MR) is 100.0 cm³/mol. The molecule has 2 aromatic carbocycles. The van der Waals surface area contributed by atoms with Crippen molar-refractivity contribution in [3.05, 3.63) is 53.6 Å². The van der Waals surface area contributed by atoms with Gasteiger partial charge in [0.1, 0.15) is 5.75 Å². The number of carbonyl (C=O) groups excluding carboxylic acids is 2.